The Hall–Kier alpha value is -1.10. The van der Waals surface area contributed by atoms with Crippen LogP contribution in [-0.4, -0.2) is 37.3 Å². The van der Waals surface area contributed by atoms with Gasteiger partial charge in [0.15, 0.2) is 0 Å². The zero-order valence-corrected chi connectivity index (χ0v) is 20.6. The van der Waals surface area contributed by atoms with Gasteiger partial charge in [-0.1, -0.05) is 44.0 Å². The number of hydrogen-bond acceptors (Lipinski definition) is 5. The van der Waals surface area contributed by atoms with E-state index < -0.39 is 0 Å². The van der Waals surface area contributed by atoms with Gasteiger partial charge in [0.05, 0.1) is 22.3 Å². The van der Waals surface area contributed by atoms with Gasteiger partial charge in [-0.25, -0.2) is 0 Å². The Bertz CT molecular complexity index is 718. The van der Waals surface area contributed by atoms with Gasteiger partial charge in [0.2, 0.25) is 11.8 Å². The molecular formula is C19H28Cl2IN5O2. The van der Waals surface area contributed by atoms with Crippen LogP contribution in [0.2, 0.25) is 10.0 Å². The number of nitrogens with zero attached hydrogens (tertiary/aromatic N) is 2. The fraction of sp³-hybridized carbons (Fsp3) is 0.526. The Kier molecular flexibility index (Phi) is 12.5. The lowest BCUT2D eigenvalue weighted by Gasteiger charge is -2.14. The maximum Gasteiger partial charge on any atom is 0.225 e. The SMILES string of the molecule is CC.CC1CN(c2ccc(Cl)c(Cl)c2)N=C1NC(=O)CCCNC(=O)CCNI. The lowest BCUT2D eigenvalue weighted by molar-refractivity contribution is -0.122. The Balaban J connectivity index is 0.00000204. The highest BCUT2D eigenvalue weighted by Crippen LogP contribution is 2.29. The molecule has 1 aliphatic rings. The van der Waals surface area contributed by atoms with E-state index >= 15 is 0 Å². The molecule has 0 spiro atoms. The molecule has 1 aromatic carbocycles. The highest BCUT2D eigenvalue weighted by molar-refractivity contribution is 14.1. The van der Waals surface area contributed by atoms with Gasteiger partial charge in [0, 0.05) is 54.7 Å². The van der Waals surface area contributed by atoms with Crippen molar-refractivity contribution in [3.8, 4) is 0 Å². The maximum absolute atomic E-state index is 12.1. The van der Waals surface area contributed by atoms with Gasteiger partial charge in [-0.3, -0.25) is 18.1 Å². The van der Waals surface area contributed by atoms with Crippen molar-refractivity contribution in [3.63, 3.8) is 0 Å². The molecule has 1 aliphatic heterocycles. The fourth-order valence-electron chi connectivity index (χ4n) is 2.50. The third-order valence-corrected chi connectivity index (χ3v) is 5.24. The number of hydrogen-bond donors (Lipinski definition) is 3. The quantitative estimate of drug-likeness (QED) is 0.256. The second-order valence-corrected chi connectivity index (χ2v) is 7.78. The topological polar surface area (TPSA) is 85.8 Å². The summed E-state index contributed by atoms with van der Waals surface area (Å²) in [4.78, 5) is 23.6. The van der Waals surface area contributed by atoms with E-state index in [0.29, 0.717) is 54.8 Å². The van der Waals surface area contributed by atoms with Crippen LogP contribution in [0.15, 0.2) is 23.3 Å². The van der Waals surface area contributed by atoms with Gasteiger partial charge in [0.1, 0.15) is 5.84 Å². The first-order valence-corrected chi connectivity index (χ1v) is 11.4. The minimum atomic E-state index is -0.111. The Labute approximate surface area is 196 Å². The lowest BCUT2D eigenvalue weighted by atomic mass is 10.1. The second-order valence-electron chi connectivity index (χ2n) is 6.20. The average Bonchev–Trinajstić information content (AvgIpc) is 3.07. The molecule has 0 saturated carbocycles. The normalized spacial score (nSPS) is 15.3. The van der Waals surface area contributed by atoms with Crippen LogP contribution in [0.5, 0.6) is 0 Å². The van der Waals surface area contributed by atoms with Crippen LogP contribution in [-0.2, 0) is 9.59 Å². The van der Waals surface area contributed by atoms with Crippen LogP contribution >= 0.6 is 46.1 Å². The molecule has 1 unspecified atom stereocenters. The number of halogens is 3. The molecule has 1 aromatic rings. The predicted octanol–water partition coefficient (Wildman–Crippen LogP) is 4.13. The first-order valence-electron chi connectivity index (χ1n) is 9.62. The molecule has 29 heavy (non-hydrogen) atoms. The van der Waals surface area contributed by atoms with Crippen LogP contribution in [0.1, 0.15) is 40.0 Å². The third-order valence-electron chi connectivity index (χ3n) is 3.96. The number of benzene rings is 1. The van der Waals surface area contributed by atoms with E-state index in [-0.39, 0.29) is 17.7 Å². The molecule has 7 nitrogen and oxygen atoms in total. The van der Waals surface area contributed by atoms with E-state index in [1.54, 1.807) is 17.1 Å². The number of hydrazone groups is 1. The van der Waals surface area contributed by atoms with E-state index in [4.69, 9.17) is 23.2 Å². The molecule has 1 heterocycles. The molecule has 1 atom stereocenters. The van der Waals surface area contributed by atoms with Crippen LogP contribution in [0.4, 0.5) is 5.69 Å². The first kappa shape index (κ1) is 25.9. The molecule has 0 radical (unpaired) electrons. The lowest BCUT2D eigenvalue weighted by Crippen LogP contribution is -2.34. The van der Waals surface area contributed by atoms with Gasteiger partial charge < -0.3 is 10.6 Å². The molecule has 0 saturated heterocycles. The van der Waals surface area contributed by atoms with Crippen molar-refractivity contribution in [2.45, 2.75) is 40.0 Å². The van der Waals surface area contributed by atoms with Crippen LogP contribution in [0, 0.1) is 5.92 Å². The van der Waals surface area contributed by atoms with E-state index in [9.17, 15) is 9.59 Å². The summed E-state index contributed by atoms with van der Waals surface area (Å²) >= 11 is 14.0. The maximum atomic E-state index is 12.1. The zero-order chi connectivity index (χ0) is 21.8. The van der Waals surface area contributed by atoms with Crippen LogP contribution in [0.25, 0.3) is 0 Å². The van der Waals surface area contributed by atoms with Gasteiger partial charge >= 0.3 is 0 Å². The second kappa shape index (κ2) is 14.0. The molecule has 3 N–H and O–H groups in total. The van der Waals surface area contributed by atoms with E-state index in [1.165, 1.54) is 0 Å². The minimum absolute atomic E-state index is 0.0226. The number of amidine groups is 1. The molecule has 2 amide bonds. The fourth-order valence-corrected chi connectivity index (χ4v) is 3.07. The number of anilines is 1. The summed E-state index contributed by atoms with van der Waals surface area (Å²) < 4.78 is 2.89. The van der Waals surface area contributed by atoms with Crippen molar-refractivity contribution in [2.24, 2.45) is 11.0 Å². The molecule has 162 valence electrons. The summed E-state index contributed by atoms with van der Waals surface area (Å²) in [5.74, 6) is 0.581. The van der Waals surface area contributed by atoms with Gasteiger partial charge in [-0.05, 0) is 24.6 Å². The van der Waals surface area contributed by atoms with Crippen LogP contribution in [0.3, 0.4) is 0 Å². The van der Waals surface area contributed by atoms with Crippen molar-refractivity contribution >= 4 is 69.4 Å². The van der Waals surface area contributed by atoms with Crippen molar-refractivity contribution < 1.29 is 9.59 Å². The van der Waals surface area contributed by atoms with Gasteiger partial charge in [-0.15, -0.1) is 0 Å². The molecule has 2 rings (SSSR count). The smallest absolute Gasteiger partial charge is 0.225 e. The summed E-state index contributed by atoms with van der Waals surface area (Å²) in [6.07, 6.45) is 1.32. The van der Waals surface area contributed by atoms with E-state index in [2.05, 4.69) is 19.3 Å². The zero-order valence-electron chi connectivity index (χ0n) is 16.9. The summed E-state index contributed by atoms with van der Waals surface area (Å²) in [6, 6.07) is 5.31. The minimum Gasteiger partial charge on any atom is -0.356 e. The highest BCUT2D eigenvalue weighted by Gasteiger charge is 2.25. The Morgan fingerprint density at radius 3 is 2.55 bits per heavy atom. The van der Waals surface area contributed by atoms with Crippen molar-refractivity contribution in [1.82, 2.24) is 14.2 Å². The van der Waals surface area contributed by atoms with E-state index in [1.807, 2.05) is 49.7 Å². The summed E-state index contributed by atoms with van der Waals surface area (Å²) in [7, 11) is 0. The number of rotatable bonds is 8. The Morgan fingerprint density at radius 1 is 1.17 bits per heavy atom. The van der Waals surface area contributed by atoms with Gasteiger partial charge in [-0.2, -0.15) is 5.10 Å². The number of amides is 2. The number of nitrogens with one attached hydrogen (secondary N) is 3. The predicted molar refractivity (Wildman–Crippen MR) is 129 cm³/mol. The van der Waals surface area contributed by atoms with Gasteiger partial charge in [0.25, 0.3) is 0 Å². The number of carbonyl (C=O) groups excluding carboxylic acids is 2. The monoisotopic (exact) mass is 555 g/mol. The van der Waals surface area contributed by atoms with E-state index in [0.717, 1.165) is 5.69 Å². The Morgan fingerprint density at radius 2 is 1.90 bits per heavy atom. The van der Waals surface area contributed by atoms with Crippen molar-refractivity contribution in [1.29, 1.82) is 0 Å². The molecule has 0 aromatic heterocycles. The summed E-state index contributed by atoms with van der Waals surface area (Å²) in [6.45, 7) is 7.75. The molecule has 0 bridgehead atoms. The summed E-state index contributed by atoms with van der Waals surface area (Å²) in [5, 5.41) is 12.9. The summed E-state index contributed by atoms with van der Waals surface area (Å²) in [5.41, 5.74) is 0.823. The highest BCUT2D eigenvalue weighted by atomic mass is 127. The molecular weight excluding hydrogens is 528 g/mol. The standard InChI is InChI=1S/C17H22Cl2IN5O2.C2H6/c1-11-10-25(12-4-5-13(18)14(19)9-12)24-17(11)23-16(27)3-2-7-21-15(26)6-8-22-20;1-2/h4-5,9,11,22H,2-3,6-8,10H2,1H3,(H,21,26)(H,23,24,27);1-2H3. The first-order chi connectivity index (χ1) is 13.9. The van der Waals surface area contributed by atoms with Crippen molar-refractivity contribution in [2.75, 3.05) is 24.6 Å². The molecule has 0 fully saturated rings. The average molecular weight is 556 g/mol. The molecule has 0 aliphatic carbocycles. The largest absolute Gasteiger partial charge is 0.356 e. The number of carbonyl (C=O) groups is 2. The van der Waals surface area contributed by atoms with Crippen molar-refractivity contribution in [3.05, 3.63) is 28.2 Å². The van der Waals surface area contributed by atoms with Crippen LogP contribution < -0.4 is 19.2 Å². The third kappa shape index (κ3) is 9.06. The molecule has 10 heteroatoms.